The van der Waals surface area contributed by atoms with Crippen LogP contribution < -0.4 is 10.1 Å². The normalized spacial score (nSPS) is 11.9. The van der Waals surface area contributed by atoms with Gasteiger partial charge in [0.2, 0.25) is 5.91 Å². The fourth-order valence-electron chi connectivity index (χ4n) is 2.27. The van der Waals surface area contributed by atoms with Crippen LogP contribution in [0, 0.1) is 6.92 Å². The second-order valence-electron chi connectivity index (χ2n) is 5.70. The van der Waals surface area contributed by atoms with Crippen molar-refractivity contribution in [2.24, 2.45) is 0 Å². The maximum atomic E-state index is 12.0. The van der Waals surface area contributed by atoms with Gasteiger partial charge in [0.05, 0.1) is 7.11 Å². The molecule has 0 saturated carbocycles. The topological polar surface area (TPSA) is 75.6 Å². The molecule has 0 spiro atoms. The third kappa shape index (κ3) is 5.80. The maximum absolute atomic E-state index is 12.0. The van der Waals surface area contributed by atoms with E-state index in [9.17, 15) is 14.7 Å². The molecule has 2 rings (SSSR count). The molecule has 0 aromatic heterocycles. The van der Waals surface area contributed by atoms with Crippen molar-refractivity contribution in [1.82, 2.24) is 5.32 Å². The number of methoxy groups -OCH3 is 1. The van der Waals surface area contributed by atoms with Gasteiger partial charge in [0.25, 0.3) is 0 Å². The average Bonchev–Trinajstić information content (AvgIpc) is 2.61. The quantitative estimate of drug-likeness (QED) is 0.761. The van der Waals surface area contributed by atoms with Crippen LogP contribution in [-0.4, -0.2) is 30.1 Å². The van der Waals surface area contributed by atoms with Gasteiger partial charge in [-0.05, 0) is 36.3 Å². The first-order valence-corrected chi connectivity index (χ1v) is 7.89. The van der Waals surface area contributed by atoms with Gasteiger partial charge in [0, 0.05) is 12.5 Å². The van der Waals surface area contributed by atoms with Crippen LogP contribution in [0.3, 0.4) is 0 Å². The number of nitrogens with one attached hydrogen (secondary N) is 1. The highest BCUT2D eigenvalue weighted by atomic mass is 16.5. The Labute approximate surface area is 146 Å². The highest BCUT2D eigenvalue weighted by Crippen LogP contribution is 2.13. The summed E-state index contributed by atoms with van der Waals surface area (Å²) in [6.07, 6.45) is 3.19. The monoisotopic (exact) mass is 339 g/mol. The van der Waals surface area contributed by atoms with Crippen LogP contribution in [0.2, 0.25) is 0 Å². The van der Waals surface area contributed by atoms with Crippen LogP contribution in [0.5, 0.6) is 5.75 Å². The summed E-state index contributed by atoms with van der Waals surface area (Å²) in [5.74, 6) is -0.824. The van der Waals surface area contributed by atoms with Crippen molar-refractivity contribution in [1.29, 1.82) is 0 Å². The first-order valence-electron chi connectivity index (χ1n) is 7.89. The summed E-state index contributed by atoms with van der Waals surface area (Å²) in [5.41, 5.74) is 2.81. The van der Waals surface area contributed by atoms with E-state index in [1.807, 2.05) is 31.2 Å². The Hall–Kier alpha value is -3.08. The van der Waals surface area contributed by atoms with Crippen molar-refractivity contribution in [2.75, 3.05) is 7.11 Å². The molecule has 0 heterocycles. The van der Waals surface area contributed by atoms with Gasteiger partial charge in [-0.25, -0.2) is 4.79 Å². The van der Waals surface area contributed by atoms with Gasteiger partial charge in [-0.15, -0.1) is 0 Å². The first kappa shape index (κ1) is 18.3. The Morgan fingerprint density at radius 2 is 1.76 bits per heavy atom. The van der Waals surface area contributed by atoms with E-state index in [4.69, 9.17) is 4.74 Å². The molecule has 0 radical (unpaired) electrons. The molecule has 1 atom stereocenters. The van der Waals surface area contributed by atoms with Crippen LogP contribution in [0.4, 0.5) is 0 Å². The number of carboxylic acids is 1. The van der Waals surface area contributed by atoms with Crippen molar-refractivity contribution < 1.29 is 19.4 Å². The van der Waals surface area contributed by atoms with E-state index in [-0.39, 0.29) is 6.42 Å². The number of hydrogen-bond acceptors (Lipinski definition) is 3. The lowest BCUT2D eigenvalue weighted by molar-refractivity contribution is -0.141. The molecule has 0 aliphatic carbocycles. The Morgan fingerprint density at radius 3 is 2.32 bits per heavy atom. The van der Waals surface area contributed by atoms with Gasteiger partial charge in [0.15, 0.2) is 0 Å². The van der Waals surface area contributed by atoms with Crippen molar-refractivity contribution in [3.05, 3.63) is 71.3 Å². The number of carboxylic acid groups (broad SMARTS) is 1. The predicted octanol–water partition coefficient (Wildman–Crippen LogP) is 2.83. The zero-order valence-electron chi connectivity index (χ0n) is 14.2. The Bertz CT molecular complexity index is 748. The number of rotatable bonds is 7. The second-order valence-corrected chi connectivity index (χ2v) is 5.70. The summed E-state index contributed by atoms with van der Waals surface area (Å²) in [5, 5.41) is 11.9. The van der Waals surface area contributed by atoms with Crippen LogP contribution in [0.25, 0.3) is 6.08 Å². The Kier molecular flexibility index (Phi) is 6.34. The number of hydrogen-bond donors (Lipinski definition) is 2. The molecule has 5 heteroatoms. The molecule has 0 fully saturated rings. The minimum Gasteiger partial charge on any atom is -0.497 e. The summed E-state index contributed by atoms with van der Waals surface area (Å²) in [7, 11) is 1.57. The summed E-state index contributed by atoms with van der Waals surface area (Å²) in [4.78, 5) is 23.4. The summed E-state index contributed by atoms with van der Waals surface area (Å²) in [6, 6.07) is 13.8. The molecule has 0 bridgehead atoms. The van der Waals surface area contributed by atoms with Crippen molar-refractivity contribution >= 4 is 18.0 Å². The highest BCUT2D eigenvalue weighted by Gasteiger charge is 2.19. The summed E-state index contributed by atoms with van der Waals surface area (Å²) in [6.45, 7) is 1.98. The van der Waals surface area contributed by atoms with E-state index in [1.165, 1.54) is 6.08 Å². The van der Waals surface area contributed by atoms with Crippen LogP contribution in [0.15, 0.2) is 54.6 Å². The standard InChI is InChI=1S/C20H21NO4/c1-14-3-5-15(6-4-14)9-12-19(22)21-18(20(23)24)13-16-7-10-17(25-2)11-8-16/h3-12,18H,13H2,1-2H3,(H,21,22)(H,23,24)/b12-9+/t18-/m0/s1. The lowest BCUT2D eigenvalue weighted by atomic mass is 10.1. The molecule has 0 saturated heterocycles. The fourth-order valence-corrected chi connectivity index (χ4v) is 2.27. The zero-order valence-corrected chi connectivity index (χ0v) is 14.2. The summed E-state index contributed by atoms with van der Waals surface area (Å²) >= 11 is 0. The van der Waals surface area contributed by atoms with Crippen LogP contribution >= 0.6 is 0 Å². The highest BCUT2D eigenvalue weighted by molar-refractivity contribution is 5.94. The largest absolute Gasteiger partial charge is 0.497 e. The molecule has 0 aliphatic rings. The molecule has 0 unspecified atom stereocenters. The predicted molar refractivity (Wildman–Crippen MR) is 96.5 cm³/mol. The number of carbonyl (C=O) groups is 2. The van der Waals surface area contributed by atoms with Crippen LogP contribution in [0.1, 0.15) is 16.7 Å². The molecular formula is C20H21NO4. The number of benzene rings is 2. The molecule has 2 N–H and O–H groups in total. The first-order chi connectivity index (χ1) is 12.0. The van der Waals surface area contributed by atoms with Crippen LogP contribution in [-0.2, 0) is 16.0 Å². The van der Waals surface area contributed by atoms with E-state index in [0.29, 0.717) is 5.75 Å². The molecule has 2 aromatic rings. The van der Waals surface area contributed by atoms with E-state index in [1.54, 1.807) is 37.5 Å². The smallest absolute Gasteiger partial charge is 0.326 e. The summed E-state index contributed by atoms with van der Waals surface area (Å²) < 4.78 is 5.07. The van der Waals surface area contributed by atoms with E-state index < -0.39 is 17.9 Å². The molecule has 25 heavy (non-hydrogen) atoms. The Morgan fingerprint density at radius 1 is 1.12 bits per heavy atom. The van der Waals surface area contributed by atoms with Crippen molar-refractivity contribution in [3.63, 3.8) is 0 Å². The fraction of sp³-hybridized carbons (Fsp3) is 0.200. The lowest BCUT2D eigenvalue weighted by Gasteiger charge is -2.13. The van der Waals surface area contributed by atoms with Gasteiger partial charge >= 0.3 is 5.97 Å². The SMILES string of the molecule is COc1ccc(C[C@H](NC(=O)/C=C/c2ccc(C)cc2)C(=O)O)cc1. The number of carbonyl (C=O) groups excluding carboxylic acids is 1. The Balaban J connectivity index is 1.98. The van der Waals surface area contributed by atoms with Crippen molar-refractivity contribution in [3.8, 4) is 5.75 Å². The molecule has 0 aliphatic heterocycles. The molecule has 1 amide bonds. The van der Waals surface area contributed by atoms with E-state index in [0.717, 1.165) is 16.7 Å². The van der Waals surface area contributed by atoms with Gasteiger partial charge in [-0.2, -0.15) is 0 Å². The molecule has 130 valence electrons. The van der Waals surface area contributed by atoms with Gasteiger partial charge in [0.1, 0.15) is 11.8 Å². The molecular weight excluding hydrogens is 318 g/mol. The van der Waals surface area contributed by atoms with Gasteiger partial charge in [-0.1, -0.05) is 42.0 Å². The number of amides is 1. The third-order valence-electron chi connectivity index (χ3n) is 3.72. The maximum Gasteiger partial charge on any atom is 0.326 e. The average molecular weight is 339 g/mol. The number of ether oxygens (including phenoxy) is 1. The second kappa shape index (κ2) is 8.68. The minimum absolute atomic E-state index is 0.198. The molecule has 5 nitrogen and oxygen atoms in total. The van der Waals surface area contributed by atoms with Gasteiger partial charge < -0.3 is 15.2 Å². The van der Waals surface area contributed by atoms with E-state index in [2.05, 4.69) is 5.32 Å². The zero-order chi connectivity index (χ0) is 18.2. The number of aliphatic carboxylic acids is 1. The lowest BCUT2D eigenvalue weighted by Crippen LogP contribution is -2.41. The van der Waals surface area contributed by atoms with Gasteiger partial charge in [-0.3, -0.25) is 4.79 Å². The van der Waals surface area contributed by atoms with E-state index >= 15 is 0 Å². The molecule has 2 aromatic carbocycles. The minimum atomic E-state index is -1.08. The number of aryl methyl sites for hydroxylation is 1. The van der Waals surface area contributed by atoms with Crippen molar-refractivity contribution in [2.45, 2.75) is 19.4 Å². The third-order valence-corrected chi connectivity index (χ3v) is 3.72.